The van der Waals surface area contributed by atoms with Crippen molar-refractivity contribution in [1.82, 2.24) is 4.98 Å². The minimum atomic E-state index is -0.0938. The largest absolute Gasteiger partial charge is 0.322 e. The van der Waals surface area contributed by atoms with Crippen LogP contribution in [0, 0.1) is 0 Å². The van der Waals surface area contributed by atoms with Gasteiger partial charge in [-0.2, -0.15) is 0 Å². The fourth-order valence-corrected chi connectivity index (χ4v) is 3.06. The van der Waals surface area contributed by atoms with Crippen LogP contribution in [0.25, 0.3) is 10.8 Å². The van der Waals surface area contributed by atoms with Crippen molar-refractivity contribution in [2.24, 2.45) is 0 Å². The first kappa shape index (κ1) is 16.0. The summed E-state index contributed by atoms with van der Waals surface area (Å²) >= 11 is 0. The highest BCUT2D eigenvalue weighted by atomic mass is 16.1. The second kappa shape index (κ2) is 7.19. The third-order valence-corrected chi connectivity index (χ3v) is 4.40. The van der Waals surface area contributed by atoms with E-state index in [9.17, 15) is 4.79 Å². The van der Waals surface area contributed by atoms with Crippen molar-refractivity contribution >= 4 is 22.4 Å². The molecule has 0 atom stereocenters. The van der Waals surface area contributed by atoms with Gasteiger partial charge in [-0.15, -0.1) is 0 Å². The number of hydrogen-bond donors (Lipinski definition) is 1. The number of anilines is 1. The lowest BCUT2D eigenvalue weighted by Crippen LogP contribution is -2.12. The van der Waals surface area contributed by atoms with E-state index in [1.54, 1.807) is 12.4 Å². The zero-order valence-corrected chi connectivity index (χ0v) is 14.2. The van der Waals surface area contributed by atoms with Crippen LogP contribution < -0.4 is 5.32 Å². The quantitative estimate of drug-likeness (QED) is 0.564. The van der Waals surface area contributed by atoms with E-state index in [2.05, 4.69) is 10.3 Å². The molecule has 0 radical (unpaired) electrons. The molecule has 0 aliphatic rings. The number of benzene rings is 3. The van der Waals surface area contributed by atoms with Crippen molar-refractivity contribution in [1.29, 1.82) is 0 Å². The third-order valence-electron chi connectivity index (χ3n) is 4.40. The van der Waals surface area contributed by atoms with Crippen LogP contribution in [0.2, 0.25) is 0 Å². The zero-order valence-electron chi connectivity index (χ0n) is 14.2. The van der Waals surface area contributed by atoms with Gasteiger partial charge in [0.1, 0.15) is 0 Å². The predicted molar refractivity (Wildman–Crippen MR) is 105 cm³/mol. The predicted octanol–water partition coefficient (Wildman–Crippen LogP) is 5.08. The first-order valence-electron chi connectivity index (χ1n) is 8.56. The molecular formula is C23H18N2O. The second-order valence-electron chi connectivity index (χ2n) is 6.21. The van der Waals surface area contributed by atoms with Gasteiger partial charge in [-0.3, -0.25) is 9.78 Å². The third kappa shape index (κ3) is 3.47. The van der Waals surface area contributed by atoms with E-state index < -0.39 is 0 Å². The number of hydrogen-bond acceptors (Lipinski definition) is 2. The minimum Gasteiger partial charge on any atom is -0.322 e. The van der Waals surface area contributed by atoms with E-state index in [1.807, 2.05) is 78.9 Å². The van der Waals surface area contributed by atoms with Crippen LogP contribution in [0.1, 0.15) is 21.5 Å². The van der Waals surface area contributed by atoms with Gasteiger partial charge in [-0.25, -0.2) is 0 Å². The molecule has 0 aliphatic carbocycles. The van der Waals surface area contributed by atoms with Crippen LogP contribution in [0.15, 0.2) is 91.3 Å². The number of aromatic nitrogens is 1. The molecule has 3 heteroatoms. The van der Waals surface area contributed by atoms with Crippen molar-refractivity contribution in [3.8, 4) is 0 Å². The van der Waals surface area contributed by atoms with Gasteiger partial charge in [-0.05, 0) is 58.7 Å². The molecule has 3 aromatic carbocycles. The Morgan fingerprint density at radius 3 is 2.27 bits per heavy atom. The van der Waals surface area contributed by atoms with Gasteiger partial charge in [0.05, 0.1) is 0 Å². The van der Waals surface area contributed by atoms with Gasteiger partial charge in [0.15, 0.2) is 0 Å². The van der Waals surface area contributed by atoms with Crippen LogP contribution in [0.3, 0.4) is 0 Å². The Labute approximate surface area is 152 Å². The molecule has 4 rings (SSSR count). The normalized spacial score (nSPS) is 10.6. The van der Waals surface area contributed by atoms with Crippen LogP contribution in [0.4, 0.5) is 5.69 Å². The maximum atomic E-state index is 12.7. The number of amides is 1. The number of pyridine rings is 1. The Balaban J connectivity index is 1.51. The lowest BCUT2D eigenvalue weighted by molar-refractivity contribution is 0.102. The molecule has 0 fully saturated rings. The second-order valence-corrected chi connectivity index (χ2v) is 6.21. The molecule has 126 valence electrons. The van der Waals surface area contributed by atoms with E-state index in [-0.39, 0.29) is 5.91 Å². The summed E-state index contributed by atoms with van der Waals surface area (Å²) in [6.45, 7) is 0. The van der Waals surface area contributed by atoms with Gasteiger partial charge < -0.3 is 5.32 Å². The molecule has 0 unspecified atom stereocenters. The maximum absolute atomic E-state index is 12.7. The van der Waals surface area contributed by atoms with Crippen LogP contribution in [0.5, 0.6) is 0 Å². The molecule has 3 nitrogen and oxygen atoms in total. The summed E-state index contributed by atoms with van der Waals surface area (Å²) in [5, 5.41) is 5.02. The Morgan fingerprint density at radius 1 is 0.769 bits per heavy atom. The molecule has 1 N–H and O–H groups in total. The first-order chi connectivity index (χ1) is 12.8. The minimum absolute atomic E-state index is 0.0938. The Bertz CT molecular complexity index is 1040. The molecule has 0 saturated heterocycles. The summed E-state index contributed by atoms with van der Waals surface area (Å²) in [6.07, 6.45) is 4.45. The molecular weight excluding hydrogens is 320 g/mol. The van der Waals surface area contributed by atoms with Crippen molar-refractivity contribution < 1.29 is 4.79 Å². The van der Waals surface area contributed by atoms with Gasteiger partial charge in [0.25, 0.3) is 5.91 Å². The molecule has 1 amide bonds. The summed E-state index contributed by atoms with van der Waals surface area (Å²) in [6, 6.07) is 25.7. The number of carbonyl (C=O) groups excluding carboxylic acids is 1. The Morgan fingerprint density at radius 2 is 1.46 bits per heavy atom. The fourth-order valence-electron chi connectivity index (χ4n) is 3.06. The first-order valence-corrected chi connectivity index (χ1v) is 8.56. The molecule has 0 bridgehead atoms. The monoisotopic (exact) mass is 338 g/mol. The number of nitrogens with zero attached hydrogens (tertiary/aromatic N) is 1. The van der Waals surface area contributed by atoms with E-state index in [1.165, 1.54) is 11.1 Å². The van der Waals surface area contributed by atoms with Crippen molar-refractivity contribution in [2.75, 3.05) is 5.32 Å². The summed E-state index contributed by atoms with van der Waals surface area (Å²) in [5.41, 5.74) is 3.89. The van der Waals surface area contributed by atoms with Crippen molar-refractivity contribution in [3.63, 3.8) is 0 Å². The highest BCUT2D eigenvalue weighted by Crippen LogP contribution is 2.20. The van der Waals surface area contributed by atoms with E-state index >= 15 is 0 Å². The van der Waals surface area contributed by atoms with E-state index in [0.29, 0.717) is 5.56 Å². The van der Waals surface area contributed by atoms with Gasteiger partial charge in [0, 0.05) is 23.6 Å². The number of carbonyl (C=O) groups is 1. The standard InChI is InChI=1S/C23H18N2O/c26-23(22-7-3-5-19-4-1-2-6-21(19)22)25-20-10-8-17(9-11-20)16-18-12-14-24-15-13-18/h1-15H,16H2,(H,25,26). The lowest BCUT2D eigenvalue weighted by atomic mass is 10.0. The van der Waals surface area contributed by atoms with Gasteiger partial charge in [0.2, 0.25) is 0 Å². The highest BCUT2D eigenvalue weighted by Gasteiger charge is 2.10. The zero-order chi connectivity index (χ0) is 17.8. The summed E-state index contributed by atoms with van der Waals surface area (Å²) < 4.78 is 0. The number of nitrogens with one attached hydrogen (secondary N) is 1. The van der Waals surface area contributed by atoms with Gasteiger partial charge >= 0.3 is 0 Å². The molecule has 1 aromatic heterocycles. The average molecular weight is 338 g/mol. The smallest absolute Gasteiger partial charge is 0.256 e. The summed E-state index contributed by atoms with van der Waals surface area (Å²) in [7, 11) is 0. The van der Waals surface area contributed by atoms with Crippen LogP contribution in [-0.4, -0.2) is 10.9 Å². The SMILES string of the molecule is O=C(Nc1ccc(Cc2ccncc2)cc1)c1cccc2ccccc12. The van der Waals surface area contributed by atoms with E-state index in [0.717, 1.165) is 22.9 Å². The highest BCUT2D eigenvalue weighted by molar-refractivity contribution is 6.12. The van der Waals surface area contributed by atoms with Gasteiger partial charge in [-0.1, -0.05) is 48.5 Å². The lowest BCUT2D eigenvalue weighted by Gasteiger charge is -2.09. The average Bonchev–Trinajstić information content (AvgIpc) is 2.70. The molecule has 0 saturated carbocycles. The topological polar surface area (TPSA) is 42.0 Å². The Kier molecular flexibility index (Phi) is 4.44. The molecule has 0 aliphatic heterocycles. The van der Waals surface area contributed by atoms with Crippen molar-refractivity contribution in [2.45, 2.75) is 6.42 Å². The molecule has 26 heavy (non-hydrogen) atoms. The van der Waals surface area contributed by atoms with E-state index in [4.69, 9.17) is 0 Å². The van der Waals surface area contributed by atoms with Crippen molar-refractivity contribution in [3.05, 3.63) is 108 Å². The molecule has 4 aromatic rings. The maximum Gasteiger partial charge on any atom is 0.256 e. The fraction of sp³-hybridized carbons (Fsp3) is 0.0435. The molecule has 0 spiro atoms. The summed E-state index contributed by atoms with van der Waals surface area (Å²) in [4.78, 5) is 16.7. The molecule has 1 heterocycles. The Hall–Kier alpha value is -3.46. The summed E-state index contributed by atoms with van der Waals surface area (Å²) in [5.74, 6) is -0.0938. The van der Waals surface area contributed by atoms with Crippen LogP contribution in [-0.2, 0) is 6.42 Å². The van der Waals surface area contributed by atoms with Crippen LogP contribution >= 0.6 is 0 Å². The number of fused-ring (bicyclic) bond motifs is 1. The number of rotatable bonds is 4.